The molecule has 0 spiro atoms. The van der Waals surface area contributed by atoms with Gasteiger partial charge in [-0.1, -0.05) is 95.0 Å². The first-order valence-corrected chi connectivity index (χ1v) is 14.0. The molecule has 37 heavy (non-hydrogen) atoms. The molecule has 1 heterocycles. The number of carbonyl (C=O) groups is 2. The predicted molar refractivity (Wildman–Crippen MR) is 148 cm³/mol. The topological polar surface area (TPSA) is 91.5 Å². The SMILES string of the molecule is CCCCCCCCCCCCOc1cc2cc(c1)CNC(=O)NCc1cccc(c1)CNC(=O)NC2. The Kier molecular flexibility index (Phi) is 12.7. The smallest absolute Gasteiger partial charge is 0.315 e. The van der Waals surface area contributed by atoms with Crippen LogP contribution >= 0.6 is 0 Å². The summed E-state index contributed by atoms with van der Waals surface area (Å²) in [6.07, 6.45) is 12.9. The molecule has 1 aliphatic heterocycles. The highest BCUT2D eigenvalue weighted by atomic mass is 16.5. The Balaban J connectivity index is 1.49. The lowest BCUT2D eigenvalue weighted by Gasteiger charge is -2.15. The largest absolute Gasteiger partial charge is 0.494 e. The molecular formula is C30H44N4O3. The maximum Gasteiger partial charge on any atom is 0.315 e. The number of unbranched alkanes of at least 4 members (excludes halogenated alkanes) is 9. The zero-order valence-electron chi connectivity index (χ0n) is 22.4. The summed E-state index contributed by atoms with van der Waals surface area (Å²) in [4.78, 5) is 24.7. The van der Waals surface area contributed by atoms with E-state index in [9.17, 15) is 9.59 Å². The van der Waals surface area contributed by atoms with Crippen LogP contribution in [0.5, 0.6) is 5.75 Å². The number of urea groups is 2. The fourth-order valence-corrected chi connectivity index (χ4v) is 4.50. The van der Waals surface area contributed by atoms with Gasteiger partial charge in [0.2, 0.25) is 0 Å². The Morgan fingerprint density at radius 2 is 1.03 bits per heavy atom. The number of nitrogens with one attached hydrogen (secondary N) is 4. The Bertz CT molecular complexity index is 922. The normalized spacial score (nSPS) is 14.2. The van der Waals surface area contributed by atoms with Crippen molar-refractivity contribution in [3.05, 3.63) is 64.7 Å². The lowest BCUT2D eigenvalue weighted by molar-refractivity contribution is 0.239. The molecule has 0 aliphatic carbocycles. The molecule has 7 heteroatoms. The molecule has 4 amide bonds. The quantitative estimate of drug-likeness (QED) is 0.254. The molecule has 202 valence electrons. The van der Waals surface area contributed by atoms with Gasteiger partial charge >= 0.3 is 12.1 Å². The Morgan fingerprint density at radius 3 is 1.54 bits per heavy atom. The predicted octanol–water partition coefficient (Wildman–Crippen LogP) is 6.30. The standard InChI is InChI=1S/C30H44N4O3/c1-2-3-4-5-6-7-8-9-10-11-15-37-28-18-26-17-27(19-28)23-34-30(36)32-21-25-14-12-13-24(16-25)20-31-29(35)33-22-26/h12-14,16-19H,2-11,15,20-23H2,1H3,(H2,31,33,35)(H2,32,34,36). The zero-order valence-corrected chi connectivity index (χ0v) is 22.4. The van der Waals surface area contributed by atoms with Crippen molar-refractivity contribution in [2.45, 2.75) is 97.3 Å². The highest BCUT2D eigenvalue weighted by Gasteiger charge is 2.09. The van der Waals surface area contributed by atoms with Crippen LogP contribution in [0, 0.1) is 0 Å². The van der Waals surface area contributed by atoms with Crippen molar-refractivity contribution >= 4 is 12.1 Å². The lowest BCUT2D eigenvalue weighted by atomic mass is 10.1. The minimum Gasteiger partial charge on any atom is -0.494 e. The number of carbonyl (C=O) groups excluding carboxylic acids is 2. The molecule has 7 nitrogen and oxygen atoms in total. The summed E-state index contributed by atoms with van der Waals surface area (Å²) in [5, 5.41) is 11.6. The van der Waals surface area contributed by atoms with Crippen LogP contribution in [0.4, 0.5) is 9.59 Å². The number of rotatable bonds is 12. The van der Waals surface area contributed by atoms with E-state index in [4.69, 9.17) is 4.74 Å². The molecule has 0 fully saturated rings. The molecular weight excluding hydrogens is 464 g/mol. The summed E-state index contributed by atoms with van der Waals surface area (Å²) in [6, 6.07) is 13.3. The van der Waals surface area contributed by atoms with Gasteiger partial charge in [0.05, 0.1) is 6.61 Å². The molecule has 0 saturated heterocycles. The van der Waals surface area contributed by atoms with E-state index in [-0.39, 0.29) is 12.1 Å². The van der Waals surface area contributed by atoms with E-state index < -0.39 is 0 Å². The fourth-order valence-electron chi connectivity index (χ4n) is 4.50. The second-order valence-corrected chi connectivity index (χ2v) is 9.91. The van der Waals surface area contributed by atoms with Crippen molar-refractivity contribution in [3.8, 4) is 5.75 Å². The minimum atomic E-state index is -0.220. The van der Waals surface area contributed by atoms with Gasteiger partial charge in [-0.25, -0.2) is 9.59 Å². The summed E-state index contributed by atoms with van der Waals surface area (Å²) in [6.45, 7) is 4.50. The molecule has 1 aliphatic rings. The third-order valence-corrected chi connectivity index (χ3v) is 6.60. The van der Waals surface area contributed by atoms with Crippen molar-refractivity contribution in [2.24, 2.45) is 0 Å². The van der Waals surface area contributed by atoms with Gasteiger partial charge in [0, 0.05) is 26.2 Å². The van der Waals surface area contributed by atoms with Gasteiger partial charge < -0.3 is 26.0 Å². The lowest BCUT2D eigenvalue weighted by Crippen LogP contribution is -2.35. The molecule has 2 aromatic rings. The van der Waals surface area contributed by atoms with Gasteiger partial charge in [-0.05, 0) is 40.8 Å². The van der Waals surface area contributed by atoms with Gasteiger partial charge in [0.25, 0.3) is 0 Å². The molecule has 0 saturated carbocycles. The molecule has 0 radical (unpaired) electrons. The first kappa shape index (κ1) is 28.4. The van der Waals surface area contributed by atoms with Crippen LogP contribution in [0.2, 0.25) is 0 Å². The van der Waals surface area contributed by atoms with Gasteiger partial charge in [0.1, 0.15) is 5.75 Å². The third-order valence-electron chi connectivity index (χ3n) is 6.60. The molecule has 2 aromatic carbocycles. The average molecular weight is 509 g/mol. The van der Waals surface area contributed by atoms with Crippen LogP contribution in [-0.4, -0.2) is 18.7 Å². The number of hydrogen-bond acceptors (Lipinski definition) is 3. The summed E-state index contributed by atoms with van der Waals surface area (Å²) < 4.78 is 6.07. The van der Waals surface area contributed by atoms with E-state index in [1.54, 1.807) is 0 Å². The average Bonchev–Trinajstić information content (AvgIpc) is 2.91. The molecule has 0 aromatic heterocycles. The molecule has 0 unspecified atom stereocenters. The van der Waals surface area contributed by atoms with E-state index in [1.807, 2.05) is 42.5 Å². The maximum atomic E-state index is 12.4. The maximum absolute atomic E-state index is 12.4. The summed E-state index contributed by atoms with van der Waals surface area (Å²) in [5.74, 6) is 0.768. The van der Waals surface area contributed by atoms with Crippen molar-refractivity contribution in [1.29, 1.82) is 0 Å². The fraction of sp³-hybridized carbons (Fsp3) is 0.533. The first-order chi connectivity index (χ1) is 18.1. The molecule has 4 N–H and O–H groups in total. The summed E-state index contributed by atoms with van der Waals surface area (Å²) in [7, 11) is 0. The van der Waals surface area contributed by atoms with Crippen molar-refractivity contribution < 1.29 is 14.3 Å². The number of benzene rings is 2. The van der Waals surface area contributed by atoms with Crippen LogP contribution < -0.4 is 26.0 Å². The molecule has 0 atom stereocenters. The highest BCUT2D eigenvalue weighted by Crippen LogP contribution is 2.19. The van der Waals surface area contributed by atoms with Gasteiger partial charge in [-0.2, -0.15) is 0 Å². The second kappa shape index (κ2) is 16.5. The Hall–Kier alpha value is -3.22. The van der Waals surface area contributed by atoms with E-state index >= 15 is 0 Å². The third kappa shape index (κ3) is 11.6. The van der Waals surface area contributed by atoms with Crippen LogP contribution in [0.3, 0.4) is 0 Å². The Morgan fingerprint density at radius 1 is 0.595 bits per heavy atom. The summed E-state index contributed by atoms with van der Waals surface area (Å²) in [5.41, 5.74) is 3.82. The molecule has 4 bridgehead atoms. The van der Waals surface area contributed by atoms with Crippen LogP contribution in [0.1, 0.15) is 93.4 Å². The highest BCUT2D eigenvalue weighted by molar-refractivity contribution is 5.74. The monoisotopic (exact) mass is 508 g/mol. The van der Waals surface area contributed by atoms with Crippen molar-refractivity contribution in [1.82, 2.24) is 21.3 Å². The van der Waals surface area contributed by atoms with Crippen molar-refractivity contribution in [3.63, 3.8) is 0 Å². The van der Waals surface area contributed by atoms with Crippen LogP contribution in [-0.2, 0) is 26.2 Å². The van der Waals surface area contributed by atoms with E-state index in [0.29, 0.717) is 32.8 Å². The van der Waals surface area contributed by atoms with Crippen LogP contribution in [0.25, 0.3) is 0 Å². The van der Waals surface area contributed by atoms with E-state index in [1.165, 1.54) is 57.8 Å². The van der Waals surface area contributed by atoms with E-state index in [0.717, 1.165) is 34.4 Å². The minimum absolute atomic E-state index is 0.220. The number of fused-ring (bicyclic) bond motifs is 4. The van der Waals surface area contributed by atoms with Gasteiger partial charge in [-0.15, -0.1) is 0 Å². The first-order valence-electron chi connectivity index (χ1n) is 14.0. The number of amides is 4. The van der Waals surface area contributed by atoms with Crippen molar-refractivity contribution in [2.75, 3.05) is 6.61 Å². The number of hydrogen-bond donors (Lipinski definition) is 4. The Labute approximate surface area is 222 Å². The zero-order chi connectivity index (χ0) is 26.1. The second-order valence-electron chi connectivity index (χ2n) is 9.91. The number of ether oxygens (including phenoxy) is 1. The molecule has 3 rings (SSSR count). The van der Waals surface area contributed by atoms with Gasteiger partial charge in [0.15, 0.2) is 0 Å². The van der Waals surface area contributed by atoms with Crippen LogP contribution in [0.15, 0.2) is 42.5 Å². The van der Waals surface area contributed by atoms with E-state index in [2.05, 4.69) is 28.2 Å². The van der Waals surface area contributed by atoms with Gasteiger partial charge in [-0.3, -0.25) is 0 Å². The summed E-state index contributed by atoms with van der Waals surface area (Å²) >= 11 is 0.